The fraction of sp³-hybridized carbons (Fsp3) is 0.250. The molecule has 0 fully saturated rings. The van der Waals surface area contributed by atoms with E-state index in [2.05, 4.69) is 0 Å². The Balaban J connectivity index is 0.000000531. The van der Waals surface area contributed by atoms with E-state index < -0.39 is 0 Å². The molecule has 2 N–H and O–H groups in total. The largest absolute Gasteiger partial charge is 0.423 e. The van der Waals surface area contributed by atoms with Crippen molar-refractivity contribution in [3.63, 3.8) is 0 Å². The fourth-order valence-corrected chi connectivity index (χ4v) is 1.28. The van der Waals surface area contributed by atoms with Crippen LogP contribution in [0.4, 0.5) is 0 Å². The lowest BCUT2D eigenvalue weighted by atomic mass is 10.1. The van der Waals surface area contributed by atoms with Gasteiger partial charge >= 0.3 is 5.63 Å². The van der Waals surface area contributed by atoms with Gasteiger partial charge in [-0.3, -0.25) is 0 Å². The van der Waals surface area contributed by atoms with E-state index in [0.717, 1.165) is 5.56 Å². The maximum absolute atomic E-state index is 10.9. The Morgan fingerprint density at radius 3 is 2.73 bits per heavy atom. The third kappa shape index (κ3) is 2.67. The lowest BCUT2D eigenvalue weighted by Gasteiger charge is -2.06. The first-order chi connectivity index (χ1) is 7.27. The van der Waals surface area contributed by atoms with Gasteiger partial charge in [-0.15, -0.1) is 0 Å². The number of fused-ring (bicyclic) bond motifs is 1. The Bertz CT molecular complexity index is 429. The number of hydrogen-bond acceptors (Lipinski definition) is 3. The molecule has 1 aliphatic rings. The average Bonchev–Trinajstić information content (AvgIpc) is 2.43. The summed E-state index contributed by atoms with van der Waals surface area (Å²) in [4.78, 5) is 10.9. The van der Waals surface area contributed by atoms with Crippen LogP contribution >= 0.6 is 0 Å². The molecule has 0 saturated heterocycles. The first kappa shape index (κ1) is 11.5. The molecule has 1 aromatic heterocycles. The normalized spacial score (nSPS) is 17.4. The molecule has 0 radical (unpaired) electrons. The van der Waals surface area contributed by atoms with Crippen molar-refractivity contribution in [3.05, 3.63) is 52.1 Å². The van der Waals surface area contributed by atoms with Crippen LogP contribution < -0.4 is 11.4 Å². The van der Waals surface area contributed by atoms with Gasteiger partial charge in [-0.05, 0) is 12.1 Å². The summed E-state index contributed by atoms with van der Waals surface area (Å²) in [6.07, 6.45) is 7.22. The molecule has 0 amide bonds. The molecular formula is C12H15NO2. The summed E-state index contributed by atoms with van der Waals surface area (Å²) in [5.74, 6) is 0.546. The Morgan fingerprint density at radius 1 is 1.27 bits per heavy atom. The van der Waals surface area contributed by atoms with Gasteiger partial charge in [0.05, 0.1) is 6.04 Å². The molecule has 80 valence electrons. The highest BCUT2D eigenvalue weighted by molar-refractivity contribution is 5.52. The molecule has 1 aliphatic carbocycles. The van der Waals surface area contributed by atoms with Crippen molar-refractivity contribution in [1.29, 1.82) is 0 Å². The van der Waals surface area contributed by atoms with Gasteiger partial charge in [-0.25, -0.2) is 4.79 Å². The van der Waals surface area contributed by atoms with Crippen molar-refractivity contribution in [2.75, 3.05) is 0 Å². The topological polar surface area (TPSA) is 56.2 Å². The van der Waals surface area contributed by atoms with E-state index in [0.29, 0.717) is 5.76 Å². The fourth-order valence-electron chi connectivity index (χ4n) is 1.28. The standard InChI is InChI=1S/C10H9NO2.C2H6/c11-8-3-1-2-4-9-7(8)5-6-10(12)13-9;1-2/h1-6,8H,11H2;1-2H3. The van der Waals surface area contributed by atoms with E-state index in [1.807, 2.05) is 26.0 Å². The highest BCUT2D eigenvalue weighted by Gasteiger charge is 2.10. The monoisotopic (exact) mass is 205 g/mol. The molecule has 0 bridgehead atoms. The molecule has 3 nitrogen and oxygen atoms in total. The van der Waals surface area contributed by atoms with Crippen LogP contribution in [0.3, 0.4) is 0 Å². The van der Waals surface area contributed by atoms with E-state index in [1.165, 1.54) is 6.07 Å². The molecule has 0 saturated carbocycles. The molecule has 15 heavy (non-hydrogen) atoms. The van der Waals surface area contributed by atoms with Crippen molar-refractivity contribution in [2.45, 2.75) is 19.9 Å². The zero-order valence-corrected chi connectivity index (χ0v) is 8.94. The maximum atomic E-state index is 10.9. The third-order valence-corrected chi connectivity index (χ3v) is 1.93. The number of rotatable bonds is 0. The van der Waals surface area contributed by atoms with Crippen molar-refractivity contribution < 1.29 is 4.42 Å². The smallest absolute Gasteiger partial charge is 0.336 e. The molecular weight excluding hydrogens is 190 g/mol. The third-order valence-electron chi connectivity index (χ3n) is 1.93. The minimum atomic E-state index is -0.350. The van der Waals surface area contributed by atoms with Crippen LogP contribution in [0.15, 0.2) is 39.6 Å². The highest BCUT2D eigenvalue weighted by Crippen LogP contribution is 2.19. The SMILES string of the molecule is CC.NC1C=CC=Cc2oc(=O)ccc21. The number of hydrogen-bond donors (Lipinski definition) is 1. The molecule has 3 heteroatoms. The second kappa shape index (κ2) is 5.32. The van der Waals surface area contributed by atoms with Crippen molar-refractivity contribution in [3.8, 4) is 0 Å². The summed E-state index contributed by atoms with van der Waals surface area (Å²) >= 11 is 0. The summed E-state index contributed by atoms with van der Waals surface area (Å²) in [5, 5.41) is 0. The molecule has 1 atom stereocenters. The summed E-state index contributed by atoms with van der Waals surface area (Å²) in [5.41, 5.74) is 6.30. The lowest BCUT2D eigenvalue weighted by molar-refractivity contribution is 0.492. The van der Waals surface area contributed by atoms with Gasteiger partial charge < -0.3 is 10.2 Å². The minimum Gasteiger partial charge on any atom is -0.423 e. The van der Waals surface area contributed by atoms with Crippen LogP contribution in [-0.4, -0.2) is 0 Å². The first-order valence-electron chi connectivity index (χ1n) is 5.02. The van der Waals surface area contributed by atoms with E-state index in [1.54, 1.807) is 18.2 Å². The maximum Gasteiger partial charge on any atom is 0.336 e. The van der Waals surface area contributed by atoms with Crippen LogP contribution in [0, 0.1) is 0 Å². The molecule has 1 heterocycles. The van der Waals surface area contributed by atoms with Crippen LogP contribution in [0.2, 0.25) is 0 Å². The molecule has 2 rings (SSSR count). The van der Waals surface area contributed by atoms with Gasteiger partial charge in [0, 0.05) is 11.6 Å². The van der Waals surface area contributed by atoms with Crippen LogP contribution in [0.25, 0.3) is 6.08 Å². The van der Waals surface area contributed by atoms with Crippen molar-refractivity contribution in [1.82, 2.24) is 0 Å². The first-order valence-corrected chi connectivity index (χ1v) is 5.02. The van der Waals surface area contributed by atoms with Crippen molar-refractivity contribution in [2.24, 2.45) is 5.73 Å². The second-order valence-corrected chi connectivity index (χ2v) is 2.84. The second-order valence-electron chi connectivity index (χ2n) is 2.84. The van der Waals surface area contributed by atoms with E-state index in [4.69, 9.17) is 10.2 Å². The van der Waals surface area contributed by atoms with Gasteiger partial charge in [0.2, 0.25) is 0 Å². The van der Waals surface area contributed by atoms with Gasteiger partial charge in [-0.2, -0.15) is 0 Å². The van der Waals surface area contributed by atoms with Gasteiger partial charge in [0.25, 0.3) is 0 Å². The van der Waals surface area contributed by atoms with E-state index >= 15 is 0 Å². The average molecular weight is 205 g/mol. The number of allylic oxidation sites excluding steroid dienone is 2. The van der Waals surface area contributed by atoms with Crippen LogP contribution in [-0.2, 0) is 0 Å². The summed E-state index contributed by atoms with van der Waals surface area (Å²) < 4.78 is 4.99. The summed E-state index contributed by atoms with van der Waals surface area (Å²) in [6, 6.07) is 2.88. The predicted molar refractivity (Wildman–Crippen MR) is 61.4 cm³/mol. The van der Waals surface area contributed by atoms with Crippen molar-refractivity contribution >= 4 is 6.08 Å². The Morgan fingerprint density at radius 2 is 2.00 bits per heavy atom. The molecule has 0 aromatic carbocycles. The predicted octanol–water partition coefficient (Wildman–Crippen LogP) is 2.25. The zero-order chi connectivity index (χ0) is 11.3. The summed E-state index contributed by atoms with van der Waals surface area (Å²) in [6.45, 7) is 4.00. The summed E-state index contributed by atoms with van der Waals surface area (Å²) in [7, 11) is 0. The molecule has 0 aliphatic heterocycles. The minimum absolute atomic E-state index is 0.200. The lowest BCUT2D eigenvalue weighted by Crippen LogP contribution is -2.10. The molecule has 0 spiro atoms. The van der Waals surface area contributed by atoms with Gasteiger partial charge in [0.15, 0.2) is 0 Å². The Hall–Kier alpha value is -1.61. The van der Waals surface area contributed by atoms with E-state index in [-0.39, 0.29) is 11.7 Å². The highest BCUT2D eigenvalue weighted by atomic mass is 16.4. The Kier molecular flexibility index (Phi) is 4.06. The van der Waals surface area contributed by atoms with Crippen LogP contribution in [0.5, 0.6) is 0 Å². The molecule has 1 aromatic rings. The van der Waals surface area contributed by atoms with Gasteiger partial charge in [0.1, 0.15) is 5.76 Å². The Labute approximate surface area is 88.9 Å². The van der Waals surface area contributed by atoms with E-state index in [9.17, 15) is 4.79 Å². The van der Waals surface area contributed by atoms with Crippen LogP contribution in [0.1, 0.15) is 31.2 Å². The van der Waals surface area contributed by atoms with Gasteiger partial charge in [-0.1, -0.05) is 32.1 Å². The molecule has 1 unspecified atom stereocenters. The number of nitrogens with two attached hydrogens (primary N) is 1. The zero-order valence-electron chi connectivity index (χ0n) is 8.94. The quantitative estimate of drug-likeness (QED) is 0.706.